The van der Waals surface area contributed by atoms with Crippen molar-refractivity contribution < 1.29 is 0 Å². The maximum atomic E-state index is 3.49. The van der Waals surface area contributed by atoms with E-state index in [0.717, 1.165) is 32.1 Å². The standard InChI is InChI=1S/C15H26N2/c1-13(2)11-16-9-6-10-17-12-15-8-5-4-7-14(15)3/h4-5,7-8,13,16-17H,6,9-12H2,1-3H3. The summed E-state index contributed by atoms with van der Waals surface area (Å²) in [5, 5.41) is 6.95. The van der Waals surface area contributed by atoms with Crippen molar-refractivity contribution in [2.24, 2.45) is 5.92 Å². The molecule has 0 aliphatic heterocycles. The zero-order valence-electron chi connectivity index (χ0n) is 11.4. The van der Waals surface area contributed by atoms with E-state index in [1.165, 1.54) is 17.5 Å². The minimum absolute atomic E-state index is 0.745. The van der Waals surface area contributed by atoms with E-state index < -0.39 is 0 Å². The second kappa shape index (κ2) is 8.26. The molecule has 0 radical (unpaired) electrons. The van der Waals surface area contributed by atoms with Crippen molar-refractivity contribution in [3.05, 3.63) is 35.4 Å². The van der Waals surface area contributed by atoms with E-state index in [-0.39, 0.29) is 0 Å². The SMILES string of the molecule is Cc1ccccc1CNCCCNCC(C)C. The van der Waals surface area contributed by atoms with Gasteiger partial charge in [-0.1, -0.05) is 38.1 Å². The summed E-state index contributed by atoms with van der Waals surface area (Å²) >= 11 is 0. The van der Waals surface area contributed by atoms with Crippen LogP contribution in [0.1, 0.15) is 31.4 Å². The van der Waals surface area contributed by atoms with E-state index in [4.69, 9.17) is 0 Å². The first-order chi connectivity index (χ1) is 8.20. The van der Waals surface area contributed by atoms with E-state index >= 15 is 0 Å². The Balaban J connectivity index is 2.03. The summed E-state index contributed by atoms with van der Waals surface area (Å²) in [6, 6.07) is 8.56. The molecule has 2 nitrogen and oxygen atoms in total. The Morgan fingerprint density at radius 3 is 2.47 bits per heavy atom. The molecule has 96 valence electrons. The van der Waals surface area contributed by atoms with Crippen molar-refractivity contribution in [1.29, 1.82) is 0 Å². The van der Waals surface area contributed by atoms with Crippen molar-refractivity contribution in [3.8, 4) is 0 Å². The molecule has 0 saturated carbocycles. The highest BCUT2D eigenvalue weighted by molar-refractivity contribution is 5.25. The zero-order valence-corrected chi connectivity index (χ0v) is 11.4. The van der Waals surface area contributed by atoms with Gasteiger partial charge in [-0.3, -0.25) is 0 Å². The molecular formula is C15H26N2. The number of hydrogen-bond donors (Lipinski definition) is 2. The van der Waals surface area contributed by atoms with Gasteiger partial charge in [-0.25, -0.2) is 0 Å². The van der Waals surface area contributed by atoms with Crippen LogP contribution in [0.2, 0.25) is 0 Å². The largest absolute Gasteiger partial charge is 0.316 e. The maximum Gasteiger partial charge on any atom is 0.0208 e. The highest BCUT2D eigenvalue weighted by Gasteiger charge is 1.96. The molecule has 1 aromatic rings. The second-order valence-electron chi connectivity index (χ2n) is 5.05. The van der Waals surface area contributed by atoms with Crippen LogP contribution >= 0.6 is 0 Å². The number of benzene rings is 1. The minimum Gasteiger partial charge on any atom is -0.316 e. The maximum absolute atomic E-state index is 3.49. The van der Waals surface area contributed by atoms with E-state index in [9.17, 15) is 0 Å². The fraction of sp³-hybridized carbons (Fsp3) is 0.600. The third-order valence-electron chi connectivity index (χ3n) is 2.84. The van der Waals surface area contributed by atoms with Crippen LogP contribution < -0.4 is 10.6 Å². The molecule has 0 aliphatic carbocycles. The Kier molecular flexibility index (Phi) is 6.90. The summed E-state index contributed by atoms with van der Waals surface area (Å²) in [6.45, 7) is 10.9. The molecule has 0 heterocycles. The van der Waals surface area contributed by atoms with Crippen LogP contribution in [-0.4, -0.2) is 19.6 Å². The highest BCUT2D eigenvalue weighted by Crippen LogP contribution is 2.05. The molecule has 0 fully saturated rings. The molecule has 1 rings (SSSR count). The second-order valence-corrected chi connectivity index (χ2v) is 5.05. The molecule has 0 aromatic heterocycles. The fourth-order valence-electron chi connectivity index (χ4n) is 1.76. The molecule has 0 spiro atoms. The van der Waals surface area contributed by atoms with Gasteiger partial charge in [0.1, 0.15) is 0 Å². The average molecular weight is 234 g/mol. The lowest BCUT2D eigenvalue weighted by molar-refractivity contribution is 0.530. The number of aryl methyl sites for hydroxylation is 1. The van der Waals surface area contributed by atoms with Gasteiger partial charge < -0.3 is 10.6 Å². The minimum atomic E-state index is 0.745. The smallest absolute Gasteiger partial charge is 0.0208 e. The van der Waals surface area contributed by atoms with Crippen LogP contribution in [-0.2, 0) is 6.54 Å². The van der Waals surface area contributed by atoms with Crippen molar-refractivity contribution >= 4 is 0 Å². The normalized spacial score (nSPS) is 11.1. The topological polar surface area (TPSA) is 24.1 Å². The number of hydrogen-bond acceptors (Lipinski definition) is 2. The molecule has 0 bridgehead atoms. The van der Waals surface area contributed by atoms with Crippen LogP contribution in [0.25, 0.3) is 0 Å². The van der Waals surface area contributed by atoms with Gasteiger partial charge >= 0.3 is 0 Å². The van der Waals surface area contributed by atoms with Gasteiger partial charge in [0.05, 0.1) is 0 Å². The third-order valence-corrected chi connectivity index (χ3v) is 2.84. The predicted octanol–water partition coefficient (Wildman–Crippen LogP) is 2.72. The van der Waals surface area contributed by atoms with E-state index in [0.29, 0.717) is 0 Å². The van der Waals surface area contributed by atoms with Crippen LogP contribution in [0.3, 0.4) is 0 Å². The van der Waals surface area contributed by atoms with Crippen molar-refractivity contribution in [3.63, 3.8) is 0 Å². The first-order valence-corrected chi connectivity index (χ1v) is 6.66. The zero-order chi connectivity index (χ0) is 12.5. The van der Waals surface area contributed by atoms with Crippen molar-refractivity contribution in [2.45, 2.75) is 33.7 Å². The summed E-state index contributed by atoms with van der Waals surface area (Å²) in [4.78, 5) is 0. The molecule has 0 unspecified atom stereocenters. The molecular weight excluding hydrogens is 208 g/mol. The molecule has 0 aliphatic rings. The van der Waals surface area contributed by atoms with Gasteiger partial charge in [0.2, 0.25) is 0 Å². The first-order valence-electron chi connectivity index (χ1n) is 6.66. The Morgan fingerprint density at radius 1 is 1.06 bits per heavy atom. The van der Waals surface area contributed by atoms with E-state index in [1.54, 1.807) is 0 Å². The lowest BCUT2D eigenvalue weighted by Gasteiger charge is -2.09. The Bertz CT molecular complexity index is 308. The van der Waals surface area contributed by atoms with Crippen LogP contribution in [0.4, 0.5) is 0 Å². The van der Waals surface area contributed by atoms with Gasteiger partial charge in [-0.2, -0.15) is 0 Å². The van der Waals surface area contributed by atoms with Gasteiger partial charge in [0, 0.05) is 6.54 Å². The summed E-state index contributed by atoms with van der Waals surface area (Å²) in [6.07, 6.45) is 1.19. The van der Waals surface area contributed by atoms with Crippen molar-refractivity contribution in [1.82, 2.24) is 10.6 Å². The highest BCUT2D eigenvalue weighted by atomic mass is 14.9. The lowest BCUT2D eigenvalue weighted by Crippen LogP contribution is -2.24. The molecule has 0 atom stereocenters. The number of nitrogens with one attached hydrogen (secondary N) is 2. The van der Waals surface area contributed by atoms with E-state index in [1.807, 2.05) is 0 Å². The van der Waals surface area contributed by atoms with Gasteiger partial charge in [0.25, 0.3) is 0 Å². The monoisotopic (exact) mass is 234 g/mol. The van der Waals surface area contributed by atoms with Gasteiger partial charge in [-0.15, -0.1) is 0 Å². The van der Waals surface area contributed by atoms with E-state index in [2.05, 4.69) is 55.7 Å². The quantitative estimate of drug-likeness (QED) is 0.676. The molecule has 1 aromatic carbocycles. The third kappa shape index (κ3) is 6.44. The molecule has 17 heavy (non-hydrogen) atoms. The van der Waals surface area contributed by atoms with Crippen LogP contribution in [0.5, 0.6) is 0 Å². The number of rotatable bonds is 8. The molecule has 2 heteroatoms. The lowest BCUT2D eigenvalue weighted by atomic mass is 10.1. The molecule has 0 amide bonds. The Labute approximate surface area is 106 Å². The van der Waals surface area contributed by atoms with Crippen molar-refractivity contribution in [2.75, 3.05) is 19.6 Å². The Morgan fingerprint density at radius 2 is 1.76 bits per heavy atom. The van der Waals surface area contributed by atoms with Crippen LogP contribution in [0.15, 0.2) is 24.3 Å². The average Bonchev–Trinajstić information content (AvgIpc) is 2.30. The molecule has 0 saturated heterocycles. The molecule has 2 N–H and O–H groups in total. The van der Waals surface area contributed by atoms with Gasteiger partial charge in [-0.05, 0) is 50.0 Å². The summed E-state index contributed by atoms with van der Waals surface area (Å²) in [5.41, 5.74) is 2.78. The summed E-state index contributed by atoms with van der Waals surface area (Å²) < 4.78 is 0. The van der Waals surface area contributed by atoms with Gasteiger partial charge in [0.15, 0.2) is 0 Å². The summed E-state index contributed by atoms with van der Waals surface area (Å²) in [5.74, 6) is 0.745. The first kappa shape index (κ1) is 14.2. The predicted molar refractivity (Wildman–Crippen MR) is 75.2 cm³/mol. The Hall–Kier alpha value is -0.860. The summed E-state index contributed by atoms with van der Waals surface area (Å²) in [7, 11) is 0. The van der Waals surface area contributed by atoms with Crippen LogP contribution in [0, 0.1) is 12.8 Å². The fourth-order valence-corrected chi connectivity index (χ4v) is 1.76.